The highest BCUT2D eigenvalue weighted by Crippen LogP contribution is 2.28. The Morgan fingerprint density at radius 2 is 1.80 bits per heavy atom. The topological polar surface area (TPSA) is 45.7 Å². The standard InChI is InChI=1S/C17H16Cl3N3O2/c1-25-15-9-11(18)2-3-13(15)17(24)23-6-4-22(5-7-23)16-14(20)8-12(19)10-21-16/h2-3,8-10H,4-7H2,1H3. The number of carbonyl (C=O) groups excluding carboxylic acids is 1. The first-order valence-corrected chi connectivity index (χ1v) is 8.82. The Balaban J connectivity index is 1.71. The summed E-state index contributed by atoms with van der Waals surface area (Å²) >= 11 is 18.1. The molecule has 0 saturated carbocycles. The van der Waals surface area contributed by atoms with Gasteiger partial charge in [0, 0.05) is 37.4 Å². The molecule has 1 aliphatic rings. The Bertz CT molecular complexity index is 793. The van der Waals surface area contributed by atoms with Gasteiger partial charge in [-0.15, -0.1) is 0 Å². The van der Waals surface area contributed by atoms with Crippen molar-refractivity contribution in [2.75, 3.05) is 38.2 Å². The van der Waals surface area contributed by atoms with Gasteiger partial charge in [-0.1, -0.05) is 34.8 Å². The molecule has 1 amide bonds. The summed E-state index contributed by atoms with van der Waals surface area (Å²) in [7, 11) is 1.52. The number of amides is 1. The van der Waals surface area contributed by atoms with Crippen molar-refractivity contribution in [2.24, 2.45) is 0 Å². The van der Waals surface area contributed by atoms with Gasteiger partial charge in [-0.25, -0.2) is 4.98 Å². The van der Waals surface area contributed by atoms with E-state index in [1.165, 1.54) is 7.11 Å². The first-order chi connectivity index (χ1) is 12.0. The van der Waals surface area contributed by atoms with E-state index in [1.807, 2.05) is 4.90 Å². The number of pyridine rings is 1. The van der Waals surface area contributed by atoms with E-state index in [2.05, 4.69) is 4.98 Å². The zero-order valence-corrected chi connectivity index (χ0v) is 15.8. The van der Waals surface area contributed by atoms with E-state index in [0.717, 1.165) is 0 Å². The van der Waals surface area contributed by atoms with Gasteiger partial charge in [0.1, 0.15) is 11.6 Å². The molecule has 1 aromatic carbocycles. The molecule has 1 aromatic heterocycles. The number of carbonyl (C=O) groups is 1. The molecular formula is C17H16Cl3N3O2. The van der Waals surface area contributed by atoms with Gasteiger partial charge in [0.2, 0.25) is 0 Å². The third-order valence-corrected chi connectivity index (χ3v) is 4.77. The van der Waals surface area contributed by atoms with Crippen LogP contribution in [0, 0.1) is 0 Å². The second-order valence-electron chi connectivity index (χ2n) is 5.58. The molecule has 132 valence electrons. The molecule has 2 aromatic rings. The van der Waals surface area contributed by atoms with E-state index in [-0.39, 0.29) is 5.91 Å². The number of piperazine rings is 1. The first kappa shape index (κ1) is 18.1. The number of aromatic nitrogens is 1. The fraction of sp³-hybridized carbons (Fsp3) is 0.294. The van der Waals surface area contributed by atoms with E-state index in [1.54, 1.807) is 35.4 Å². The molecule has 0 atom stereocenters. The van der Waals surface area contributed by atoms with E-state index in [9.17, 15) is 4.79 Å². The fourth-order valence-corrected chi connectivity index (χ4v) is 3.44. The number of halogens is 3. The molecule has 0 bridgehead atoms. The van der Waals surface area contributed by atoms with Crippen LogP contribution in [0.2, 0.25) is 15.1 Å². The van der Waals surface area contributed by atoms with Crippen molar-refractivity contribution in [1.82, 2.24) is 9.88 Å². The average Bonchev–Trinajstić information content (AvgIpc) is 2.61. The molecule has 1 saturated heterocycles. The van der Waals surface area contributed by atoms with E-state index in [4.69, 9.17) is 39.5 Å². The van der Waals surface area contributed by atoms with E-state index < -0.39 is 0 Å². The van der Waals surface area contributed by atoms with Crippen molar-refractivity contribution < 1.29 is 9.53 Å². The monoisotopic (exact) mass is 399 g/mol. The lowest BCUT2D eigenvalue weighted by atomic mass is 10.1. The van der Waals surface area contributed by atoms with Gasteiger partial charge >= 0.3 is 0 Å². The van der Waals surface area contributed by atoms with Crippen molar-refractivity contribution >= 4 is 46.5 Å². The maximum absolute atomic E-state index is 12.8. The summed E-state index contributed by atoms with van der Waals surface area (Å²) in [6.07, 6.45) is 1.57. The van der Waals surface area contributed by atoms with Gasteiger partial charge in [0.15, 0.2) is 0 Å². The van der Waals surface area contributed by atoms with Crippen molar-refractivity contribution in [3.05, 3.63) is 51.1 Å². The SMILES string of the molecule is COc1cc(Cl)ccc1C(=O)N1CCN(c2ncc(Cl)cc2Cl)CC1. The molecular weight excluding hydrogens is 385 g/mol. The molecule has 3 rings (SSSR count). The number of hydrogen-bond donors (Lipinski definition) is 0. The molecule has 0 unspecified atom stereocenters. The molecule has 0 aliphatic carbocycles. The van der Waals surface area contributed by atoms with E-state index >= 15 is 0 Å². The predicted octanol–water partition coefficient (Wildman–Crippen LogP) is 4.01. The largest absolute Gasteiger partial charge is 0.496 e. The lowest BCUT2D eigenvalue weighted by molar-refractivity contribution is 0.0743. The number of ether oxygens (including phenoxy) is 1. The van der Waals surface area contributed by atoms with Crippen LogP contribution in [0.5, 0.6) is 5.75 Å². The molecule has 5 nitrogen and oxygen atoms in total. The Morgan fingerprint density at radius 1 is 1.08 bits per heavy atom. The van der Waals surface area contributed by atoms with Crippen LogP contribution in [0.15, 0.2) is 30.5 Å². The van der Waals surface area contributed by atoms with Crippen molar-refractivity contribution in [1.29, 1.82) is 0 Å². The number of hydrogen-bond acceptors (Lipinski definition) is 4. The number of anilines is 1. The quantitative estimate of drug-likeness (QED) is 0.781. The molecule has 8 heteroatoms. The Labute approximate surface area is 161 Å². The molecule has 2 heterocycles. The second kappa shape index (κ2) is 7.68. The summed E-state index contributed by atoms with van der Waals surface area (Å²) in [5, 5.41) is 1.53. The second-order valence-corrected chi connectivity index (χ2v) is 6.86. The van der Waals surface area contributed by atoms with Gasteiger partial charge in [-0.2, -0.15) is 0 Å². The van der Waals surface area contributed by atoms with Crippen LogP contribution in [-0.4, -0.2) is 49.1 Å². The van der Waals surface area contributed by atoms with Crippen molar-refractivity contribution in [3.8, 4) is 5.75 Å². The van der Waals surface area contributed by atoms with Crippen LogP contribution < -0.4 is 9.64 Å². The molecule has 1 fully saturated rings. The van der Waals surface area contributed by atoms with Crippen LogP contribution in [0.25, 0.3) is 0 Å². The van der Waals surface area contributed by atoms with Gasteiger partial charge in [0.05, 0.1) is 22.7 Å². The lowest BCUT2D eigenvalue weighted by Gasteiger charge is -2.36. The average molecular weight is 401 g/mol. The van der Waals surface area contributed by atoms with Gasteiger partial charge < -0.3 is 14.5 Å². The Hall–Kier alpha value is -1.69. The number of rotatable bonds is 3. The molecule has 0 spiro atoms. The number of benzene rings is 1. The summed E-state index contributed by atoms with van der Waals surface area (Å²) in [6, 6.07) is 6.68. The fourth-order valence-electron chi connectivity index (χ4n) is 2.77. The first-order valence-electron chi connectivity index (χ1n) is 7.68. The Kier molecular flexibility index (Phi) is 5.57. The third kappa shape index (κ3) is 3.94. The van der Waals surface area contributed by atoms with Crippen LogP contribution in [0.3, 0.4) is 0 Å². The summed E-state index contributed by atoms with van der Waals surface area (Å²) in [5.41, 5.74) is 0.503. The van der Waals surface area contributed by atoms with Crippen LogP contribution in [-0.2, 0) is 0 Å². The van der Waals surface area contributed by atoms with Crippen molar-refractivity contribution in [2.45, 2.75) is 0 Å². The summed E-state index contributed by atoms with van der Waals surface area (Å²) < 4.78 is 5.27. The van der Waals surface area contributed by atoms with Crippen molar-refractivity contribution in [3.63, 3.8) is 0 Å². The minimum absolute atomic E-state index is 0.0803. The zero-order valence-electron chi connectivity index (χ0n) is 13.5. The minimum Gasteiger partial charge on any atom is -0.496 e. The molecule has 25 heavy (non-hydrogen) atoms. The summed E-state index contributed by atoms with van der Waals surface area (Å²) in [4.78, 5) is 20.9. The van der Waals surface area contributed by atoms with Crippen LogP contribution in [0.4, 0.5) is 5.82 Å². The molecule has 0 radical (unpaired) electrons. The molecule has 1 aliphatic heterocycles. The minimum atomic E-state index is -0.0803. The smallest absolute Gasteiger partial charge is 0.257 e. The normalized spacial score (nSPS) is 14.6. The van der Waals surface area contributed by atoms with Crippen LogP contribution >= 0.6 is 34.8 Å². The van der Waals surface area contributed by atoms with Gasteiger partial charge in [-0.05, 0) is 24.3 Å². The molecule has 0 N–H and O–H groups in total. The van der Waals surface area contributed by atoms with E-state index in [0.29, 0.717) is 58.4 Å². The highest BCUT2D eigenvalue weighted by molar-refractivity contribution is 6.36. The Morgan fingerprint density at radius 3 is 2.44 bits per heavy atom. The highest BCUT2D eigenvalue weighted by Gasteiger charge is 2.25. The summed E-state index contributed by atoms with van der Waals surface area (Å²) in [6.45, 7) is 2.39. The number of nitrogens with zero attached hydrogens (tertiary/aromatic N) is 3. The number of methoxy groups -OCH3 is 1. The zero-order chi connectivity index (χ0) is 18.0. The maximum Gasteiger partial charge on any atom is 0.257 e. The highest BCUT2D eigenvalue weighted by atomic mass is 35.5. The lowest BCUT2D eigenvalue weighted by Crippen LogP contribution is -2.49. The van der Waals surface area contributed by atoms with Crippen LogP contribution in [0.1, 0.15) is 10.4 Å². The third-order valence-electron chi connectivity index (χ3n) is 4.05. The van der Waals surface area contributed by atoms with Gasteiger partial charge in [0.25, 0.3) is 5.91 Å². The predicted molar refractivity (Wildman–Crippen MR) is 100 cm³/mol. The maximum atomic E-state index is 12.8. The summed E-state index contributed by atoms with van der Waals surface area (Å²) in [5.74, 6) is 1.08. The van der Waals surface area contributed by atoms with Gasteiger partial charge in [-0.3, -0.25) is 4.79 Å².